The summed E-state index contributed by atoms with van der Waals surface area (Å²) in [5.41, 5.74) is 0.949. The van der Waals surface area contributed by atoms with E-state index < -0.39 is 5.97 Å². The van der Waals surface area contributed by atoms with Gasteiger partial charge in [-0.15, -0.1) is 0 Å². The van der Waals surface area contributed by atoms with Crippen LogP contribution in [-0.4, -0.2) is 11.9 Å². The van der Waals surface area contributed by atoms with Gasteiger partial charge in [0.25, 0.3) is 0 Å². The smallest absolute Gasteiger partial charge is 0.338 e. The second kappa shape index (κ2) is 5.84. The largest absolute Gasteiger partial charge is 0.461 e. The topological polar surface area (TPSA) is 52.6 Å². The Balaban J connectivity index is 2.80. The van der Waals surface area contributed by atoms with Crippen molar-refractivity contribution < 1.29 is 19.1 Å². The highest BCUT2D eigenvalue weighted by Gasteiger charge is 2.10. The highest BCUT2D eigenvalue weighted by Crippen LogP contribution is 2.19. The number of esters is 2. The molecule has 1 aromatic carbocycles. The molecule has 0 N–H and O–H groups in total. The van der Waals surface area contributed by atoms with Crippen LogP contribution in [0.2, 0.25) is 0 Å². The molecule has 90 valence electrons. The molecule has 0 aliphatic heterocycles. The van der Waals surface area contributed by atoms with Crippen molar-refractivity contribution in [2.45, 2.75) is 20.5 Å². The van der Waals surface area contributed by atoms with Gasteiger partial charge in [-0.05, 0) is 13.0 Å². The van der Waals surface area contributed by atoms with Gasteiger partial charge >= 0.3 is 11.9 Å². The standard InChI is InChI=1S/C13H14O4/c1-9(2)13(15)17-12-7-5-4-6-11(12)8-16-10(3)14/h4-7H,1,8H2,2-3H3. The first kappa shape index (κ1) is 13.0. The Hall–Kier alpha value is -2.10. The number of rotatable bonds is 4. The quantitative estimate of drug-likeness (QED) is 0.455. The van der Waals surface area contributed by atoms with Crippen LogP contribution in [0.1, 0.15) is 19.4 Å². The van der Waals surface area contributed by atoms with E-state index in [9.17, 15) is 9.59 Å². The van der Waals surface area contributed by atoms with Crippen molar-refractivity contribution >= 4 is 11.9 Å². The fraction of sp³-hybridized carbons (Fsp3) is 0.231. The zero-order chi connectivity index (χ0) is 12.8. The molecular formula is C13H14O4. The lowest BCUT2D eigenvalue weighted by Gasteiger charge is -2.09. The van der Waals surface area contributed by atoms with Gasteiger partial charge in [-0.1, -0.05) is 24.8 Å². The normalized spacial score (nSPS) is 9.53. The maximum atomic E-state index is 11.4. The Bertz CT molecular complexity index is 448. The third-order valence-electron chi connectivity index (χ3n) is 1.95. The SMILES string of the molecule is C=C(C)C(=O)Oc1ccccc1COC(C)=O. The molecule has 0 bridgehead atoms. The number of ether oxygens (including phenoxy) is 2. The minimum atomic E-state index is -0.500. The summed E-state index contributed by atoms with van der Waals surface area (Å²) in [6, 6.07) is 6.87. The van der Waals surface area contributed by atoms with E-state index in [1.165, 1.54) is 6.92 Å². The molecule has 1 aromatic rings. The lowest BCUT2D eigenvalue weighted by Crippen LogP contribution is -2.10. The van der Waals surface area contributed by atoms with E-state index >= 15 is 0 Å². The summed E-state index contributed by atoms with van der Waals surface area (Å²) < 4.78 is 9.97. The number of carbonyl (C=O) groups excluding carboxylic acids is 2. The zero-order valence-electron chi connectivity index (χ0n) is 9.86. The van der Waals surface area contributed by atoms with E-state index in [1.807, 2.05) is 0 Å². The zero-order valence-corrected chi connectivity index (χ0v) is 9.86. The van der Waals surface area contributed by atoms with Gasteiger partial charge in [-0.3, -0.25) is 4.79 Å². The molecule has 0 amide bonds. The van der Waals surface area contributed by atoms with Crippen molar-refractivity contribution in [3.8, 4) is 5.75 Å². The van der Waals surface area contributed by atoms with Gasteiger partial charge in [0.15, 0.2) is 0 Å². The number of benzene rings is 1. The number of hydrogen-bond acceptors (Lipinski definition) is 4. The van der Waals surface area contributed by atoms with Crippen molar-refractivity contribution in [1.29, 1.82) is 0 Å². The van der Waals surface area contributed by atoms with Gasteiger partial charge in [-0.2, -0.15) is 0 Å². The van der Waals surface area contributed by atoms with Gasteiger partial charge in [0.05, 0.1) is 0 Å². The second-order valence-corrected chi connectivity index (χ2v) is 3.56. The Morgan fingerprint density at radius 3 is 2.47 bits per heavy atom. The van der Waals surface area contributed by atoms with E-state index in [1.54, 1.807) is 31.2 Å². The lowest BCUT2D eigenvalue weighted by atomic mass is 10.2. The van der Waals surface area contributed by atoms with Gasteiger partial charge < -0.3 is 9.47 Å². The van der Waals surface area contributed by atoms with Gasteiger partial charge in [0.2, 0.25) is 0 Å². The maximum absolute atomic E-state index is 11.4. The summed E-state index contributed by atoms with van der Waals surface area (Å²) in [5, 5.41) is 0. The Kier molecular flexibility index (Phi) is 4.46. The van der Waals surface area contributed by atoms with Crippen molar-refractivity contribution in [2.24, 2.45) is 0 Å². The summed E-state index contributed by atoms with van der Waals surface area (Å²) in [7, 11) is 0. The Labute approximate surface area is 99.8 Å². The average molecular weight is 234 g/mol. The molecule has 0 saturated carbocycles. The lowest BCUT2D eigenvalue weighted by molar-refractivity contribution is -0.142. The molecular weight excluding hydrogens is 220 g/mol. The molecule has 0 aromatic heterocycles. The summed E-state index contributed by atoms with van der Waals surface area (Å²) in [4.78, 5) is 22.1. The van der Waals surface area contributed by atoms with E-state index in [0.717, 1.165) is 0 Å². The number of carbonyl (C=O) groups is 2. The molecule has 1 rings (SSSR count). The molecule has 0 saturated heterocycles. The number of para-hydroxylation sites is 1. The predicted molar refractivity (Wildman–Crippen MR) is 62.4 cm³/mol. The molecule has 0 aliphatic carbocycles. The molecule has 0 atom stereocenters. The van der Waals surface area contributed by atoms with Crippen molar-refractivity contribution in [1.82, 2.24) is 0 Å². The molecule has 0 radical (unpaired) electrons. The summed E-state index contributed by atoms with van der Waals surface area (Å²) in [6.07, 6.45) is 0. The average Bonchev–Trinajstić information content (AvgIpc) is 2.27. The van der Waals surface area contributed by atoms with Crippen LogP contribution in [0, 0.1) is 0 Å². The van der Waals surface area contributed by atoms with Crippen LogP contribution in [-0.2, 0) is 20.9 Å². The van der Waals surface area contributed by atoms with Crippen molar-refractivity contribution in [2.75, 3.05) is 0 Å². The third-order valence-corrected chi connectivity index (χ3v) is 1.95. The molecule has 0 fully saturated rings. The Morgan fingerprint density at radius 2 is 1.88 bits per heavy atom. The third kappa shape index (κ3) is 4.10. The molecule has 0 heterocycles. The predicted octanol–water partition coefficient (Wildman–Crippen LogP) is 2.23. The molecule has 4 nitrogen and oxygen atoms in total. The monoisotopic (exact) mass is 234 g/mol. The first-order chi connectivity index (χ1) is 8.00. The minimum Gasteiger partial charge on any atom is -0.461 e. The molecule has 4 heteroatoms. The van der Waals surface area contributed by atoms with Crippen LogP contribution in [0.15, 0.2) is 36.4 Å². The number of hydrogen-bond donors (Lipinski definition) is 0. The highest BCUT2D eigenvalue weighted by atomic mass is 16.5. The van der Waals surface area contributed by atoms with Gasteiger partial charge in [0.1, 0.15) is 12.4 Å². The van der Waals surface area contributed by atoms with Crippen molar-refractivity contribution in [3.05, 3.63) is 42.0 Å². The van der Waals surface area contributed by atoms with Gasteiger partial charge in [0, 0.05) is 18.1 Å². The molecule has 17 heavy (non-hydrogen) atoms. The van der Waals surface area contributed by atoms with Crippen molar-refractivity contribution in [3.63, 3.8) is 0 Å². The first-order valence-corrected chi connectivity index (χ1v) is 5.09. The molecule has 0 unspecified atom stereocenters. The maximum Gasteiger partial charge on any atom is 0.338 e. The first-order valence-electron chi connectivity index (χ1n) is 5.09. The van der Waals surface area contributed by atoms with E-state index in [0.29, 0.717) is 16.9 Å². The van der Waals surface area contributed by atoms with Crippen LogP contribution >= 0.6 is 0 Å². The van der Waals surface area contributed by atoms with Crippen LogP contribution in [0.3, 0.4) is 0 Å². The summed E-state index contributed by atoms with van der Waals surface area (Å²) in [6.45, 7) is 6.46. The van der Waals surface area contributed by atoms with Crippen LogP contribution < -0.4 is 4.74 Å². The second-order valence-electron chi connectivity index (χ2n) is 3.56. The minimum absolute atomic E-state index is 0.0784. The highest BCUT2D eigenvalue weighted by molar-refractivity contribution is 5.88. The van der Waals surface area contributed by atoms with E-state index in [-0.39, 0.29) is 12.6 Å². The van der Waals surface area contributed by atoms with Crippen LogP contribution in [0.4, 0.5) is 0 Å². The molecule has 0 spiro atoms. The van der Waals surface area contributed by atoms with Crippen LogP contribution in [0.25, 0.3) is 0 Å². The van der Waals surface area contributed by atoms with Gasteiger partial charge in [-0.25, -0.2) is 4.79 Å². The van der Waals surface area contributed by atoms with E-state index in [2.05, 4.69) is 6.58 Å². The van der Waals surface area contributed by atoms with E-state index in [4.69, 9.17) is 9.47 Å². The summed E-state index contributed by atoms with van der Waals surface area (Å²) >= 11 is 0. The Morgan fingerprint density at radius 1 is 1.24 bits per heavy atom. The summed E-state index contributed by atoms with van der Waals surface area (Å²) in [5.74, 6) is -0.506. The fourth-order valence-corrected chi connectivity index (χ4v) is 1.09. The molecule has 0 aliphatic rings. The fourth-order valence-electron chi connectivity index (χ4n) is 1.09. The van der Waals surface area contributed by atoms with Crippen LogP contribution in [0.5, 0.6) is 5.75 Å².